The van der Waals surface area contributed by atoms with Crippen LogP contribution in [0.15, 0.2) is 46.9 Å². The van der Waals surface area contributed by atoms with Crippen molar-refractivity contribution in [2.24, 2.45) is 0 Å². The number of rotatable bonds is 7. The smallest absolute Gasteiger partial charge is 0.309 e. The van der Waals surface area contributed by atoms with Crippen LogP contribution in [0.3, 0.4) is 0 Å². The lowest BCUT2D eigenvalue weighted by atomic mass is 10.2. The first-order valence-corrected chi connectivity index (χ1v) is 7.74. The Labute approximate surface area is 142 Å². The zero-order chi connectivity index (χ0) is 16.7. The number of carbonyl (C=O) groups is 1. The fraction of sp³-hybridized carbons (Fsp3) is 0.235. The van der Waals surface area contributed by atoms with Gasteiger partial charge in [0, 0.05) is 10.0 Å². The van der Waals surface area contributed by atoms with E-state index in [-0.39, 0.29) is 19.6 Å². The summed E-state index contributed by atoms with van der Waals surface area (Å²) in [6, 6.07) is 11.6. The zero-order valence-corrected chi connectivity index (χ0v) is 14.1. The largest absolute Gasteiger partial charge is 0.497 e. The number of carbonyl (C=O) groups excluding carboxylic acids is 1. The second-order valence-corrected chi connectivity index (χ2v) is 5.59. The summed E-state index contributed by atoms with van der Waals surface area (Å²) in [7, 11) is 1.58. The molecule has 0 fully saturated rings. The third-order valence-corrected chi connectivity index (χ3v) is 3.53. The molecule has 0 bridgehead atoms. The third-order valence-electron chi connectivity index (χ3n) is 3.04. The van der Waals surface area contributed by atoms with E-state index in [1.54, 1.807) is 43.5 Å². The Morgan fingerprint density at radius 3 is 2.48 bits per heavy atom. The van der Waals surface area contributed by atoms with E-state index in [2.05, 4.69) is 15.9 Å². The van der Waals surface area contributed by atoms with Crippen LogP contribution in [-0.2, 0) is 16.1 Å². The minimum Gasteiger partial charge on any atom is -0.497 e. The Bertz CT molecular complexity index is 658. The highest BCUT2D eigenvalue weighted by molar-refractivity contribution is 9.10. The average molecular weight is 383 g/mol. The molecule has 0 aromatic heterocycles. The van der Waals surface area contributed by atoms with Crippen LogP contribution in [0.5, 0.6) is 11.5 Å². The highest BCUT2D eigenvalue weighted by atomic mass is 79.9. The lowest BCUT2D eigenvalue weighted by Crippen LogP contribution is -2.10. The molecule has 0 aliphatic rings. The first kappa shape index (κ1) is 17.3. The van der Waals surface area contributed by atoms with Gasteiger partial charge in [-0.1, -0.05) is 22.0 Å². The third kappa shape index (κ3) is 5.56. The fourth-order valence-electron chi connectivity index (χ4n) is 1.79. The van der Waals surface area contributed by atoms with Crippen molar-refractivity contribution in [3.63, 3.8) is 0 Å². The Morgan fingerprint density at radius 2 is 1.83 bits per heavy atom. The summed E-state index contributed by atoms with van der Waals surface area (Å²) >= 11 is 3.17. The molecule has 0 amide bonds. The van der Waals surface area contributed by atoms with Gasteiger partial charge in [-0.2, -0.15) is 0 Å². The zero-order valence-electron chi connectivity index (χ0n) is 12.6. The van der Waals surface area contributed by atoms with Crippen molar-refractivity contribution in [2.45, 2.75) is 13.0 Å². The molecule has 0 aliphatic heterocycles. The molecule has 0 N–H and O–H groups in total. The van der Waals surface area contributed by atoms with Crippen LogP contribution in [0.2, 0.25) is 0 Å². The molecule has 4 nitrogen and oxygen atoms in total. The van der Waals surface area contributed by atoms with Gasteiger partial charge in [-0.25, -0.2) is 4.39 Å². The van der Waals surface area contributed by atoms with Crippen molar-refractivity contribution in [3.05, 3.63) is 58.3 Å². The van der Waals surface area contributed by atoms with Crippen LogP contribution in [0.1, 0.15) is 12.0 Å². The lowest BCUT2D eigenvalue weighted by Gasteiger charge is -2.08. The second-order valence-electron chi connectivity index (χ2n) is 4.67. The van der Waals surface area contributed by atoms with Crippen LogP contribution in [0.4, 0.5) is 4.39 Å². The monoisotopic (exact) mass is 382 g/mol. The van der Waals surface area contributed by atoms with E-state index < -0.39 is 11.8 Å². The molecule has 23 heavy (non-hydrogen) atoms. The van der Waals surface area contributed by atoms with Crippen molar-refractivity contribution < 1.29 is 23.4 Å². The molecule has 6 heteroatoms. The van der Waals surface area contributed by atoms with Crippen molar-refractivity contribution in [1.29, 1.82) is 0 Å². The van der Waals surface area contributed by atoms with Gasteiger partial charge in [-0.3, -0.25) is 4.79 Å². The molecular formula is C17H16BrFO4. The van der Waals surface area contributed by atoms with Gasteiger partial charge in [0.25, 0.3) is 0 Å². The number of hydrogen-bond donors (Lipinski definition) is 0. The van der Waals surface area contributed by atoms with Crippen LogP contribution in [0.25, 0.3) is 0 Å². The quantitative estimate of drug-likeness (QED) is 0.676. The topological polar surface area (TPSA) is 44.8 Å². The molecule has 0 radical (unpaired) electrons. The SMILES string of the molecule is COc1ccc(OCCC(=O)OCc2ccc(Br)cc2F)cc1. The molecule has 0 saturated heterocycles. The van der Waals surface area contributed by atoms with E-state index in [1.807, 2.05) is 0 Å². The number of benzene rings is 2. The van der Waals surface area contributed by atoms with Crippen molar-refractivity contribution in [1.82, 2.24) is 0 Å². The van der Waals surface area contributed by atoms with Gasteiger partial charge >= 0.3 is 5.97 Å². The fourth-order valence-corrected chi connectivity index (χ4v) is 2.13. The van der Waals surface area contributed by atoms with Crippen LogP contribution in [0, 0.1) is 5.82 Å². The van der Waals surface area contributed by atoms with E-state index in [9.17, 15) is 9.18 Å². The predicted octanol–water partition coefficient (Wildman–Crippen LogP) is 4.11. The molecule has 0 spiro atoms. The number of ether oxygens (including phenoxy) is 3. The second kappa shape index (κ2) is 8.53. The number of hydrogen-bond acceptors (Lipinski definition) is 4. The van der Waals surface area contributed by atoms with Crippen molar-refractivity contribution in [2.75, 3.05) is 13.7 Å². The Balaban J connectivity index is 1.72. The Kier molecular flexibility index (Phi) is 6.40. The summed E-state index contributed by atoms with van der Waals surface area (Å²) < 4.78 is 29.7. The Morgan fingerprint density at radius 1 is 1.13 bits per heavy atom. The molecule has 0 aliphatic carbocycles. The molecular weight excluding hydrogens is 367 g/mol. The summed E-state index contributed by atoms with van der Waals surface area (Å²) in [6.45, 7) is 0.0917. The summed E-state index contributed by atoms with van der Waals surface area (Å²) in [6.07, 6.45) is 0.0875. The van der Waals surface area contributed by atoms with Gasteiger partial charge in [-0.15, -0.1) is 0 Å². The molecule has 0 heterocycles. The van der Waals surface area contributed by atoms with Crippen LogP contribution >= 0.6 is 15.9 Å². The minimum atomic E-state index is -0.444. The summed E-state index contributed by atoms with van der Waals surface area (Å²) in [5.74, 6) is 0.508. The van der Waals surface area contributed by atoms with E-state index in [0.29, 0.717) is 15.8 Å². The molecule has 122 valence electrons. The van der Waals surface area contributed by atoms with Gasteiger partial charge in [-0.05, 0) is 36.4 Å². The highest BCUT2D eigenvalue weighted by Gasteiger charge is 2.08. The average Bonchev–Trinajstić information content (AvgIpc) is 2.54. The molecule has 0 atom stereocenters. The molecule has 2 aromatic rings. The maximum absolute atomic E-state index is 13.6. The van der Waals surface area contributed by atoms with Crippen molar-refractivity contribution in [3.8, 4) is 11.5 Å². The maximum atomic E-state index is 13.6. The summed E-state index contributed by atoms with van der Waals surface area (Å²) in [5, 5.41) is 0. The molecule has 2 rings (SSSR count). The van der Waals surface area contributed by atoms with Gasteiger partial charge < -0.3 is 14.2 Å². The molecule has 0 saturated carbocycles. The van der Waals surface area contributed by atoms with E-state index in [0.717, 1.165) is 5.75 Å². The normalized spacial score (nSPS) is 10.2. The number of halogens is 2. The first-order chi connectivity index (χ1) is 11.1. The Hall–Kier alpha value is -2.08. The number of methoxy groups -OCH3 is 1. The number of esters is 1. The van der Waals surface area contributed by atoms with E-state index in [1.165, 1.54) is 6.07 Å². The van der Waals surface area contributed by atoms with Gasteiger partial charge in [0.15, 0.2) is 0 Å². The first-order valence-electron chi connectivity index (χ1n) is 6.95. The van der Waals surface area contributed by atoms with Gasteiger partial charge in [0.05, 0.1) is 20.1 Å². The highest BCUT2D eigenvalue weighted by Crippen LogP contribution is 2.18. The molecule has 0 unspecified atom stereocenters. The standard InChI is InChI=1S/C17H16BrFO4/c1-21-14-4-6-15(7-5-14)22-9-8-17(20)23-11-12-2-3-13(18)10-16(12)19/h2-7,10H,8-9,11H2,1H3. The van der Waals surface area contributed by atoms with E-state index >= 15 is 0 Å². The lowest BCUT2D eigenvalue weighted by molar-refractivity contribution is -0.145. The van der Waals surface area contributed by atoms with Crippen molar-refractivity contribution >= 4 is 21.9 Å². The summed E-state index contributed by atoms with van der Waals surface area (Å²) in [5.41, 5.74) is 0.331. The molecule has 2 aromatic carbocycles. The van der Waals surface area contributed by atoms with E-state index in [4.69, 9.17) is 14.2 Å². The maximum Gasteiger partial charge on any atom is 0.309 e. The summed E-state index contributed by atoms with van der Waals surface area (Å²) in [4.78, 5) is 11.6. The van der Waals surface area contributed by atoms with Crippen LogP contribution < -0.4 is 9.47 Å². The van der Waals surface area contributed by atoms with Gasteiger partial charge in [0.2, 0.25) is 0 Å². The minimum absolute atomic E-state index is 0.0875. The van der Waals surface area contributed by atoms with Crippen LogP contribution in [-0.4, -0.2) is 19.7 Å². The predicted molar refractivity (Wildman–Crippen MR) is 87.0 cm³/mol. The van der Waals surface area contributed by atoms with Gasteiger partial charge in [0.1, 0.15) is 23.9 Å².